The van der Waals surface area contributed by atoms with E-state index in [0.29, 0.717) is 23.5 Å². The molecule has 0 fully saturated rings. The number of nitrogens with one attached hydrogen (secondary N) is 1. The molecule has 0 unspecified atom stereocenters. The number of rotatable bonds is 2. The molecule has 0 bridgehead atoms. The summed E-state index contributed by atoms with van der Waals surface area (Å²) in [6.07, 6.45) is 1.85. The van der Waals surface area contributed by atoms with Crippen molar-refractivity contribution in [1.82, 2.24) is 14.4 Å². The third-order valence-electron chi connectivity index (χ3n) is 2.45. The van der Waals surface area contributed by atoms with Gasteiger partial charge in [0.2, 0.25) is 0 Å². The molecule has 0 saturated carbocycles. The summed E-state index contributed by atoms with van der Waals surface area (Å²) in [5.74, 6) is 0.384. The van der Waals surface area contributed by atoms with E-state index in [1.807, 2.05) is 6.07 Å². The van der Waals surface area contributed by atoms with Crippen molar-refractivity contribution < 1.29 is 0 Å². The molecule has 0 atom stereocenters. The van der Waals surface area contributed by atoms with Gasteiger partial charge in [0.25, 0.3) is 5.56 Å². The van der Waals surface area contributed by atoms with Crippen molar-refractivity contribution >= 4 is 17.2 Å². The van der Waals surface area contributed by atoms with Crippen molar-refractivity contribution in [3.8, 4) is 6.07 Å². The van der Waals surface area contributed by atoms with E-state index in [-0.39, 0.29) is 11.3 Å². The van der Waals surface area contributed by atoms with Crippen LogP contribution in [0.2, 0.25) is 0 Å². The Kier molecular flexibility index (Phi) is 2.67. The molecule has 0 radical (unpaired) electrons. The number of hydrogen-bond donors (Lipinski definition) is 1. The maximum Gasteiger partial charge on any atom is 0.262 e. The van der Waals surface area contributed by atoms with Crippen LogP contribution < -0.4 is 5.56 Å². The second-order valence-corrected chi connectivity index (χ2v) is 3.77. The van der Waals surface area contributed by atoms with E-state index in [2.05, 4.69) is 9.97 Å². The first-order valence-corrected chi connectivity index (χ1v) is 5.27. The average molecular weight is 237 g/mol. The highest BCUT2D eigenvalue weighted by Gasteiger charge is 2.12. The molecule has 0 aliphatic heterocycles. The van der Waals surface area contributed by atoms with Gasteiger partial charge < -0.3 is 4.98 Å². The monoisotopic (exact) mass is 236 g/mol. The number of alkyl halides is 1. The van der Waals surface area contributed by atoms with Crippen molar-refractivity contribution in [3.05, 3.63) is 33.6 Å². The molecule has 1 N–H and O–H groups in total. The Morgan fingerprint density at radius 1 is 1.69 bits per heavy atom. The van der Waals surface area contributed by atoms with Crippen LogP contribution in [-0.2, 0) is 6.42 Å². The minimum Gasteiger partial charge on any atom is -0.342 e. The van der Waals surface area contributed by atoms with Crippen LogP contribution in [0.3, 0.4) is 0 Å². The summed E-state index contributed by atoms with van der Waals surface area (Å²) in [7, 11) is 0. The van der Waals surface area contributed by atoms with E-state index in [1.165, 1.54) is 10.7 Å². The molecule has 6 heteroatoms. The van der Waals surface area contributed by atoms with Crippen LogP contribution >= 0.6 is 11.6 Å². The molecule has 5 nitrogen and oxygen atoms in total. The quantitative estimate of drug-likeness (QED) is 0.790. The van der Waals surface area contributed by atoms with Crippen LogP contribution in [0.25, 0.3) is 5.65 Å². The lowest BCUT2D eigenvalue weighted by Gasteiger charge is -2.04. The van der Waals surface area contributed by atoms with Crippen molar-refractivity contribution in [2.45, 2.75) is 13.3 Å². The lowest BCUT2D eigenvalue weighted by atomic mass is 10.2. The van der Waals surface area contributed by atoms with Gasteiger partial charge in [-0.05, 0) is 13.3 Å². The van der Waals surface area contributed by atoms with Gasteiger partial charge >= 0.3 is 0 Å². The third-order valence-corrected chi connectivity index (χ3v) is 2.64. The fourth-order valence-electron chi connectivity index (χ4n) is 1.65. The molecule has 2 heterocycles. The highest BCUT2D eigenvalue weighted by atomic mass is 35.5. The second-order valence-electron chi connectivity index (χ2n) is 3.40. The Labute approximate surface area is 96.3 Å². The van der Waals surface area contributed by atoms with Gasteiger partial charge in [0, 0.05) is 17.1 Å². The van der Waals surface area contributed by atoms with E-state index in [9.17, 15) is 4.79 Å². The van der Waals surface area contributed by atoms with Crippen molar-refractivity contribution in [1.29, 1.82) is 5.26 Å². The molecule has 0 aliphatic rings. The minimum atomic E-state index is -0.166. The van der Waals surface area contributed by atoms with Gasteiger partial charge in [0.05, 0.1) is 0 Å². The molecule has 2 aromatic heterocycles. The molecule has 0 aliphatic carbocycles. The van der Waals surface area contributed by atoms with Crippen molar-refractivity contribution in [2.75, 3.05) is 5.88 Å². The Hall–Kier alpha value is -1.80. The van der Waals surface area contributed by atoms with Gasteiger partial charge in [-0.3, -0.25) is 4.79 Å². The van der Waals surface area contributed by atoms with Crippen LogP contribution in [0.4, 0.5) is 0 Å². The van der Waals surface area contributed by atoms with E-state index in [1.54, 1.807) is 6.92 Å². The zero-order chi connectivity index (χ0) is 11.7. The van der Waals surface area contributed by atoms with E-state index in [0.717, 1.165) is 5.69 Å². The van der Waals surface area contributed by atoms with Crippen molar-refractivity contribution in [3.63, 3.8) is 0 Å². The Bertz CT molecular complexity index is 635. The number of hydrogen-bond acceptors (Lipinski definition) is 3. The molecular weight excluding hydrogens is 228 g/mol. The molecule has 82 valence electrons. The molecule has 2 rings (SSSR count). The van der Waals surface area contributed by atoms with Crippen LogP contribution in [0.5, 0.6) is 0 Å². The Morgan fingerprint density at radius 3 is 3.06 bits per heavy atom. The molecule has 0 spiro atoms. The maximum absolute atomic E-state index is 12.0. The number of fused-ring (bicyclic) bond motifs is 1. The summed E-state index contributed by atoms with van der Waals surface area (Å²) < 4.78 is 1.34. The number of nitriles is 1. The van der Waals surface area contributed by atoms with Gasteiger partial charge in [-0.15, -0.1) is 11.6 Å². The van der Waals surface area contributed by atoms with E-state index in [4.69, 9.17) is 16.9 Å². The number of aryl methyl sites for hydroxylation is 1. The van der Waals surface area contributed by atoms with Crippen LogP contribution in [0, 0.1) is 18.3 Å². The molecule has 2 aromatic rings. The highest BCUT2D eigenvalue weighted by molar-refractivity contribution is 6.18. The first-order valence-electron chi connectivity index (χ1n) is 4.74. The fraction of sp³-hybridized carbons (Fsp3) is 0.300. The second kappa shape index (κ2) is 3.99. The SMILES string of the molecule is Cc1[nH]c2c(C#N)ncn2c(=O)c1CCCl. The van der Waals surface area contributed by atoms with Gasteiger partial charge in [-0.2, -0.15) is 5.26 Å². The molecular formula is C10H9ClN4O. The summed E-state index contributed by atoms with van der Waals surface area (Å²) in [5.41, 5.74) is 1.85. The zero-order valence-electron chi connectivity index (χ0n) is 8.62. The topological polar surface area (TPSA) is 73.9 Å². The predicted octanol–water partition coefficient (Wildman–Crippen LogP) is 0.984. The molecule has 0 saturated heterocycles. The summed E-state index contributed by atoms with van der Waals surface area (Å²) in [5, 5.41) is 8.81. The molecule has 16 heavy (non-hydrogen) atoms. The third kappa shape index (κ3) is 1.48. The fourth-order valence-corrected chi connectivity index (χ4v) is 1.84. The van der Waals surface area contributed by atoms with E-state index < -0.39 is 0 Å². The van der Waals surface area contributed by atoms with Crippen LogP contribution in [0.15, 0.2) is 11.1 Å². The summed E-state index contributed by atoms with van der Waals surface area (Å²) in [4.78, 5) is 18.9. The normalized spacial score (nSPS) is 10.6. The summed E-state index contributed by atoms with van der Waals surface area (Å²) in [6.45, 7) is 1.79. The highest BCUT2D eigenvalue weighted by Crippen LogP contribution is 2.07. The molecule has 0 amide bonds. The van der Waals surface area contributed by atoms with Gasteiger partial charge in [-0.25, -0.2) is 9.38 Å². The number of imidazole rings is 1. The summed E-state index contributed by atoms with van der Waals surface area (Å²) in [6, 6.07) is 1.93. The van der Waals surface area contributed by atoms with Gasteiger partial charge in [0.15, 0.2) is 11.3 Å². The lowest BCUT2D eigenvalue weighted by Crippen LogP contribution is -2.20. The standard InChI is InChI=1S/C10H9ClN4O/c1-6-7(2-3-11)10(16)15-5-13-8(4-12)9(15)14-6/h5,14H,2-3H2,1H3. The number of aromatic amines is 1. The number of H-pyrrole nitrogens is 1. The zero-order valence-corrected chi connectivity index (χ0v) is 9.38. The van der Waals surface area contributed by atoms with Crippen LogP contribution in [0.1, 0.15) is 17.0 Å². The van der Waals surface area contributed by atoms with Crippen LogP contribution in [-0.4, -0.2) is 20.2 Å². The first kappa shape index (κ1) is 10.7. The predicted molar refractivity (Wildman–Crippen MR) is 59.7 cm³/mol. The Balaban J connectivity index is 2.81. The van der Waals surface area contributed by atoms with Gasteiger partial charge in [-0.1, -0.05) is 0 Å². The lowest BCUT2D eigenvalue weighted by molar-refractivity contribution is 0.945. The van der Waals surface area contributed by atoms with Gasteiger partial charge in [0.1, 0.15) is 12.4 Å². The Morgan fingerprint density at radius 2 is 2.44 bits per heavy atom. The maximum atomic E-state index is 12.0. The minimum absolute atomic E-state index is 0.166. The molecule has 0 aromatic carbocycles. The average Bonchev–Trinajstić information content (AvgIpc) is 2.67. The number of aromatic nitrogens is 3. The summed E-state index contributed by atoms with van der Waals surface area (Å²) >= 11 is 5.63. The smallest absolute Gasteiger partial charge is 0.262 e. The number of nitrogens with zero attached hydrogens (tertiary/aromatic N) is 3. The largest absolute Gasteiger partial charge is 0.342 e. The van der Waals surface area contributed by atoms with E-state index >= 15 is 0 Å². The van der Waals surface area contributed by atoms with Crippen molar-refractivity contribution in [2.24, 2.45) is 0 Å². The first-order chi connectivity index (χ1) is 7.69. The number of halogens is 1.